The number of aryl methyl sites for hydroxylation is 1. The van der Waals surface area contributed by atoms with Crippen LogP contribution in [-0.2, 0) is 14.3 Å². The van der Waals surface area contributed by atoms with Gasteiger partial charge in [-0.25, -0.2) is 4.98 Å². The highest BCUT2D eigenvalue weighted by Crippen LogP contribution is 2.29. The number of benzene rings is 1. The lowest BCUT2D eigenvalue weighted by Gasteiger charge is -2.12. The molecule has 0 bridgehead atoms. The van der Waals surface area contributed by atoms with Gasteiger partial charge in [-0.2, -0.15) is 0 Å². The summed E-state index contributed by atoms with van der Waals surface area (Å²) >= 11 is 3.26. The molecule has 3 rings (SSSR count). The van der Waals surface area contributed by atoms with Crippen LogP contribution in [-0.4, -0.2) is 33.9 Å². The Kier molecular flexibility index (Phi) is 6.46. The number of nitrogens with zero attached hydrogens (tertiary/aromatic N) is 2. The number of hydrogen-bond donors (Lipinski definition) is 1. The van der Waals surface area contributed by atoms with E-state index in [1.165, 1.54) is 6.92 Å². The number of nitrogens with one attached hydrogen (secondary N) is 1. The Morgan fingerprint density at radius 2 is 2.19 bits per heavy atom. The maximum absolute atomic E-state index is 12.0. The Balaban J connectivity index is 1.36. The number of aromatic nitrogens is 2. The molecule has 3 aromatic rings. The van der Waals surface area contributed by atoms with E-state index in [1.807, 2.05) is 24.3 Å². The summed E-state index contributed by atoms with van der Waals surface area (Å²) in [4.78, 5) is 28.4. The highest BCUT2D eigenvalue weighted by molar-refractivity contribution is 8.01. The molecule has 1 N–H and O–H groups in total. The minimum Gasteiger partial charge on any atom is -0.453 e. The van der Waals surface area contributed by atoms with Crippen LogP contribution in [0.25, 0.3) is 10.2 Å². The van der Waals surface area contributed by atoms with Crippen molar-refractivity contribution in [1.29, 1.82) is 0 Å². The number of thioether (sulfide) groups is 1. The van der Waals surface area contributed by atoms with E-state index in [0.717, 1.165) is 20.3 Å². The maximum Gasteiger partial charge on any atom is 0.306 e. The molecule has 0 radical (unpaired) electrons. The molecule has 27 heavy (non-hydrogen) atoms. The van der Waals surface area contributed by atoms with Gasteiger partial charge in [0.15, 0.2) is 16.3 Å². The van der Waals surface area contributed by atoms with Crippen LogP contribution in [0.5, 0.6) is 0 Å². The Hall–Kier alpha value is -2.39. The second-order valence-corrected chi connectivity index (χ2v) is 8.22. The van der Waals surface area contributed by atoms with Gasteiger partial charge in [-0.05, 0) is 32.4 Å². The summed E-state index contributed by atoms with van der Waals surface area (Å²) in [6, 6.07) is 9.58. The molecule has 0 unspecified atom stereocenters. The van der Waals surface area contributed by atoms with Gasteiger partial charge >= 0.3 is 5.97 Å². The van der Waals surface area contributed by atoms with Gasteiger partial charge in [0.25, 0.3) is 5.91 Å². The number of thiazole rings is 1. The third-order valence-electron chi connectivity index (χ3n) is 3.58. The summed E-state index contributed by atoms with van der Waals surface area (Å²) in [6.45, 7) is 3.24. The highest BCUT2D eigenvalue weighted by Gasteiger charge is 2.19. The molecule has 2 aromatic heterocycles. The molecule has 7 nitrogen and oxygen atoms in total. The fourth-order valence-corrected chi connectivity index (χ4v) is 4.33. The average molecular weight is 406 g/mol. The van der Waals surface area contributed by atoms with E-state index in [9.17, 15) is 9.59 Å². The molecule has 0 fully saturated rings. The van der Waals surface area contributed by atoms with Crippen LogP contribution < -0.4 is 5.32 Å². The van der Waals surface area contributed by atoms with E-state index in [1.54, 1.807) is 36.1 Å². The fourth-order valence-electron chi connectivity index (χ4n) is 2.25. The maximum atomic E-state index is 12.0. The predicted molar refractivity (Wildman–Crippen MR) is 105 cm³/mol. The van der Waals surface area contributed by atoms with Crippen molar-refractivity contribution in [1.82, 2.24) is 10.1 Å². The first-order valence-corrected chi connectivity index (χ1v) is 10.2. The number of hydrogen-bond acceptors (Lipinski definition) is 8. The molecule has 1 aromatic carbocycles. The SMILES string of the molecule is Cc1cc(NC(=O)[C@H](C)OC(=O)CCCSc2nc3ccccc3s2)no1. The number of carbonyl (C=O) groups excluding carboxylic acids is 2. The zero-order valence-electron chi connectivity index (χ0n) is 14.9. The van der Waals surface area contributed by atoms with E-state index >= 15 is 0 Å². The third-order valence-corrected chi connectivity index (χ3v) is 5.85. The number of anilines is 1. The van der Waals surface area contributed by atoms with Crippen LogP contribution in [0.1, 0.15) is 25.5 Å². The van der Waals surface area contributed by atoms with Gasteiger partial charge in [0, 0.05) is 18.2 Å². The molecular formula is C18H19N3O4S2. The second-order valence-electron chi connectivity index (χ2n) is 5.84. The number of carbonyl (C=O) groups is 2. The van der Waals surface area contributed by atoms with Crippen LogP contribution >= 0.6 is 23.1 Å². The van der Waals surface area contributed by atoms with Gasteiger partial charge in [-0.3, -0.25) is 9.59 Å². The fraction of sp³-hybridized carbons (Fsp3) is 0.333. The second kappa shape index (κ2) is 9.01. The molecule has 2 heterocycles. The quantitative estimate of drug-likeness (QED) is 0.343. The molecular weight excluding hydrogens is 386 g/mol. The van der Waals surface area contributed by atoms with Crippen LogP contribution in [0.4, 0.5) is 5.82 Å². The Morgan fingerprint density at radius 3 is 2.93 bits per heavy atom. The lowest BCUT2D eigenvalue weighted by Crippen LogP contribution is -2.30. The molecule has 0 saturated carbocycles. The average Bonchev–Trinajstić information content (AvgIpc) is 3.24. The van der Waals surface area contributed by atoms with Crippen molar-refractivity contribution in [3.05, 3.63) is 36.1 Å². The van der Waals surface area contributed by atoms with Crippen molar-refractivity contribution < 1.29 is 18.8 Å². The van der Waals surface area contributed by atoms with Gasteiger partial charge in [-0.1, -0.05) is 29.1 Å². The molecule has 142 valence electrons. The van der Waals surface area contributed by atoms with Crippen molar-refractivity contribution in [3.8, 4) is 0 Å². The minimum atomic E-state index is -0.897. The van der Waals surface area contributed by atoms with Crippen LogP contribution in [0.3, 0.4) is 0 Å². The minimum absolute atomic E-state index is 0.249. The van der Waals surface area contributed by atoms with Gasteiger partial charge < -0.3 is 14.6 Å². The number of amides is 1. The molecule has 0 saturated heterocycles. The van der Waals surface area contributed by atoms with E-state index < -0.39 is 18.0 Å². The Bertz CT molecular complexity index is 904. The molecule has 0 aliphatic carbocycles. The van der Waals surface area contributed by atoms with Crippen LogP contribution in [0, 0.1) is 6.92 Å². The topological polar surface area (TPSA) is 94.3 Å². The van der Waals surface area contributed by atoms with E-state index in [4.69, 9.17) is 9.26 Å². The van der Waals surface area contributed by atoms with Gasteiger partial charge in [0.2, 0.25) is 0 Å². The first-order valence-electron chi connectivity index (χ1n) is 8.43. The van der Waals surface area contributed by atoms with Crippen LogP contribution in [0.15, 0.2) is 39.2 Å². The van der Waals surface area contributed by atoms with E-state index in [-0.39, 0.29) is 6.42 Å². The lowest BCUT2D eigenvalue weighted by molar-refractivity contribution is -0.153. The zero-order chi connectivity index (χ0) is 19.2. The smallest absolute Gasteiger partial charge is 0.306 e. The first-order chi connectivity index (χ1) is 13.0. The summed E-state index contributed by atoms with van der Waals surface area (Å²) in [5.41, 5.74) is 0.992. The van der Waals surface area contributed by atoms with Crippen LogP contribution in [0.2, 0.25) is 0 Å². The zero-order valence-corrected chi connectivity index (χ0v) is 16.6. The monoisotopic (exact) mass is 405 g/mol. The lowest BCUT2D eigenvalue weighted by atomic mass is 10.3. The Morgan fingerprint density at radius 1 is 1.37 bits per heavy atom. The number of fused-ring (bicyclic) bond motifs is 1. The molecule has 9 heteroatoms. The number of para-hydroxylation sites is 1. The normalized spacial score (nSPS) is 12.1. The Labute approximate surface area is 164 Å². The van der Waals surface area contributed by atoms with E-state index in [2.05, 4.69) is 15.5 Å². The third kappa shape index (κ3) is 5.54. The molecule has 0 spiro atoms. The van der Waals surface area contributed by atoms with Crippen molar-refractivity contribution >= 4 is 51.0 Å². The first kappa shape index (κ1) is 19.4. The van der Waals surface area contributed by atoms with Gasteiger partial charge in [-0.15, -0.1) is 11.3 Å². The number of rotatable bonds is 8. The number of ether oxygens (including phenoxy) is 1. The summed E-state index contributed by atoms with van der Waals surface area (Å²) < 4.78 is 12.2. The van der Waals surface area contributed by atoms with Crippen molar-refractivity contribution in [2.75, 3.05) is 11.1 Å². The van der Waals surface area contributed by atoms with E-state index in [0.29, 0.717) is 18.0 Å². The van der Waals surface area contributed by atoms with Crippen molar-refractivity contribution in [2.24, 2.45) is 0 Å². The van der Waals surface area contributed by atoms with Gasteiger partial charge in [0.05, 0.1) is 10.2 Å². The summed E-state index contributed by atoms with van der Waals surface area (Å²) in [6.07, 6.45) is 0.000815. The summed E-state index contributed by atoms with van der Waals surface area (Å²) in [7, 11) is 0. The summed E-state index contributed by atoms with van der Waals surface area (Å²) in [5, 5.41) is 6.20. The largest absolute Gasteiger partial charge is 0.453 e. The van der Waals surface area contributed by atoms with Crippen molar-refractivity contribution in [2.45, 2.75) is 37.1 Å². The molecule has 1 amide bonds. The van der Waals surface area contributed by atoms with Crippen molar-refractivity contribution in [3.63, 3.8) is 0 Å². The molecule has 0 aliphatic heterocycles. The molecule has 0 aliphatic rings. The summed E-state index contributed by atoms with van der Waals surface area (Å²) in [5.74, 6) is 0.792. The predicted octanol–water partition coefficient (Wildman–Crippen LogP) is 4.04. The molecule has 1 atom stereocenters. The highest BCUT2D eigenvalue weighted by atomic mass is 32.2. The standard InChI is InChI=1S/C18H19N3O4S2/c1-11-10-15(21-25-11)20-17(23)12(2)24-16(22)8-5-9-26-18-19-13-6-3-4-7-14(13)27-18/h3-4,6-7,10,12H,5,8-9H2,1-2H3,(H,20,21,23)/t12-/m0/s1. The van der Waals surface area contributed by atoms with Gasteiger partial charge in [0.1, 0.15) is 5.76 Å². The number of esters is 1.